The van der Waals surface area contributed by atoms with Crippen LogP contribution in [0.2, 0.25) is 5.02 Å². The van der Waals surface area contributed by atoms with Gasteiger partial charge in [0.05, 0.1) is 19.1 Å². The first-order valence-electron chi connectivity index (χ1n) is 10.6. The zero-order valence-corrected chi connectivity index (χ0v) is 18.3. The largest absolute Gasteiger partial charge is 0.365 e. The molecular weight excluding hydrogens is 435 g/mol. The number of rotatable bonds is 7. The zero-order chi connectivity index (χ0) is 22.8. The third-order valence-corrected chi connectivity index (χ3v) is 6.50. The van der Waals surface area contributed by atoms with Crippen molar-refractivity contribution in [1.29, 1.82) is 0 Å². The van der Waals surface area contributed by atoms with Crippen molar-refractivity contribution < 1.29 is 14.0 Å². The minimum Gasteiger partial charge on any atom is -0.365 e. The maximum Gasteiger partial charge on any atom is 0.254 e. The molecule has 1 aromatic carbocycles. The average Bonchev–Trinajstić information content (AvgIpc) is 3.16. The van der Waals surface area contributed by atoms with E-state index in [1.807, 2.05) is 0 Å². The molecule has 0 spiro atoms. The van der Waals surface area contributed by atoms with Gasteiger partial charge in [-0.15, -0.1) is 0 Å². The monoisotopic (exact) mass is 460 g/mol. The number of nitrogens with two attached hydrogens (primary N) is 1. The summed E-state index contributed by atoms with van der Waals surface area (Å²) < 4.78 is 14.9. The Morgan fingerprint density at radius 3 is 2.62 bits per heavy atom. The normalized spacial score (nSPS) is 23.4. The molecule has 1 aliphatic carbocycles. The summed E-state index contributed by atoms with van der Waals surface area (Å²) in [6.45, 7) is 4.45. The second kappa shape index (κ2) is 9.28. The number of halogens is 2. The molecule has 2 fully saturated rings. The zero-order valence-electron chi connectivity index (χ0n) is 17.6. The van der Waals surface area contributed by atoms with Crippen LogP contribution in [0, 0.1) is 11.8 Å². The fourth-order valence-corrected chi connectivity index (χ4v) is 4.68. The van der Waals surface area contributed by atoms with Crippen LogP contribution in [0.3, 0.4) is 0 Å². The van der Waals surface area contributed by atoms with Crippen molar-refractivity contribution in [3.8, 4) is 0 Å². The summed E-state index contributed by atoms with van der Waals surface area (Å²) in [5.41, 5.74) is 6.59. The van der Waals surface area contributed by atoms with Crippen molar-refractivity contribution in [1.82, 2.24) is 14.7 Å². The smallest absolute Gasteiger partial charge is 0.254 e. The van der Waals surface area contributed by atoms with E-state index in [4.69, 9.17) is 17.3 Å². The topological polar surface area (TPSA) is 106 Å². The number of likely N-dealkylation sites (tertiary alicyclic amines) is 1. The number of amides is 2. The van der Waals surface area contributed by atoms with Crippen molar-refractivity contribution in [2.45, 2.75) is 31.5 Å². The maximum atomic E-state index is 13.2. The molecule has 1 saturated carbocycles. The summed E-state index contributed by atoms with van der Waals surface area (Å²) in [5, 5.41) is 8.34. The van der Waals surface area contributed by atoms with E-state index < -0.39 is 12.1 Å². The van der Waals surface area contributed by atoms with Crippen LogP contribution in [-0.2, 0) is 4.79 Å². The van der Waals surface area contributed by atoms with Gasteiger partial charge in [0.1, 0.15) is 11.7 Å². The molecule has 1 aliphatic heterocycles. The van der Waals surface area contributed by atoms with Gasteiger partial charge in [-0.25, -0.2) is 4.39 Å². The molecule has 32 heavy (non-hydrogen) atoms. The molecule has 4 rings (SSSR count). The van der Waals surface area contributed by atoms with E-state index >= 15 is 0 Å². The van der Waals surface area contributed by atoms with E-state index in [-0.39, 0.29) is 42.4 Å². The second-order valence-electron chi connectivity index (χ2n) is 8.45. The van der Waals surface area contributed by atoms with E-state index in [9.17, 15) is 14.0 Å². The Kier molecular flexibility index (Phi) is 6.45. The van der Waals surface area contributed by atoms with E-state index in [1.54, 1.807) is 40.0 Å². The number of primary amides is 1. The molecule has 2 amide bonds. The van der Waals surface area contributed by atoms with Crippen LogP contribution >= 0.6 is 11.6 Å². The van der Waals surface area contributed by atoms with Crippen LogP contribution in [0.1, 0.15) is 35.7 Å². The third-order valence-electron chi connectivity index (χ3n) is 6.25. The fraction of sp³-hybridized carbons (Fsp3) is 0.455. The first-order chi connectivity index (χ1) is 15.4. The Bertz CT molecular complexity index is 1000. The van der Waals surface area contributed by atoms with E-state index in [0.717, 1.165) is 5.69 Å². The molecule has 2 aliphatic rings. The Hall–Kier alpha value is -2.94. The molecular formula is C22H26ClFN6O2. The second-order valence-corrected chi connectivity index (χ2v) is 8.89. The molecule has 8 nitrogen and oxygen atoms in total. The number of carbonyl (C=O) groups is 2. The first kappa shape index (κ1) is 22.3. The number of anilines is 2. The predicted molar refractivity (Wildman–Crippen MR) is 121 cm³/mol. The van der Waals surface area contributed by atoms with Crippen molar-refractivity contribution in [3.63, 3.8) is 0 Å². The molecule has 10 heteroatoms. The third kappa shape index (κ3) is 4.62. The average molecular weight is 461 g/mol. The highest BCUT2D eigenvalue weighted by molar-refractivity contribution is 6.30. The van der Waals surface area contributed by atoms with Gasteiger partial charge >= 0.3 is 0 Å². The van der Waals surface area contributed by atoms with Gasteiger partial charge in [0.2, 0.25) is 5.91 Å². The van der Waals surface area contributed by atoms with Gasteiger partial charge in [-0.05, 0) is 50.2 Å². The SMILES string of the molecule is C=NC[C@H]1C[C@@H](C(=O)N2CC(F)C2)CC[C@@H]1n1cc(C(N)=O)c(Nc2ccc(Cl)cc2)n1. The van der Waals surface area contributed by atoms with Crippen LogP contribution in [0.15, 0.2) is 35.5 Å². The number of nitrogens with zero attached hydrogens (tertiary/aromatic N) is 4. The van der Waals surface area contributed by atoms with Gasteiger partial charge in [-0.2, -0.15) is 5.10 Å². The first-order valence-corrected chi connectivity index (χ1v) is 11.0. The molecule has 3 atom stereocenters. The number of aliphatic imine (C=N–C) groups is 1. The molecule has 1 saturated heterocycles. The van der Waals surface area contributed by atoms with Crippen LogP contribution in [-0.4, -0.2) is 59.0 Å². The lowest BCUT2D eigenvalue weighted by atomic mass is 9.77. The summed E-state index contributed by atoms with van der Waals surface area (Å²) >= 11 is 5.94. The van der Waals surface area contributed by atoms with E-state index in [0.29, 0.717) is 36.6 Å². The highest BCUT2D eigenvalue weighted by atomic mass is 35.5. The highest BCUT2D eigenvalue weighted by Crippen LogP contribution is 2.39. The Morgan fingerprint density at radius 2 is 2.00 bits per heavy atom. The van der Waals surface area contributed by atoms with Gasteiger partial charge in [-0.3, -0.25) is 14.3 Å². The van der Waals surface area contributed by atoms with E-state index in [1.165, 1.54) is 0 Å². The Labute approximate surface area is 190 Å². The molecule has 0 radical (unpaired) electrons. The number of nitrogens with one attached hydrogen (secondary N) is 1. The lowest BCUT2D eigenvalue weighted by molar-refractivity contribution is -0.144. The minimum atomic E-state index is -0.913. The van der Waals surface area contributed by atoms with Gasteiger partial charge in [-0.1, -0.05) is 11.6 Å². The number of hydrogen-bond donors (Lipinski definition) is 2. The fourth-order valence-electron chi connectivity index (χ4n) is 4.55. The van der Waals surface area contributed by atoms with Crippen molar-refractivity contribution >= 4 is 41.6 Å². The van der Waals surface area contributed by atoms with Crippen LogP contribution in [0.4, 0.5) is 15.9 Å². The van der Waals surface area contributed by atoms with Crippen molar-refractivity contribution in [3.05, 3.63) is 41.0 Å². The van der Waals surface area contributed by atoms with Crippen molar-refractivity contribution in [2.24, 2.45) is 22.6 Å². The summed E-state index contributed by atoms with van der Waals surface area (Å²) in [5.74, 6) is -0.369. The molecule has 2 heterocycles. The van der Waals surface area contributed by atoms with Crippen LogP contribution in [0.25, 0.3) is 0 Å². The highest BCUT2D eigenvalue weighted by Gasteiger charge is 2.40. The molecule has 170 valence electrons. The number of benzene rings is 1. The summed E-state index contributed by atoms with van der Waals surface area (Å²) in [6.07, 6.45) is 2.69. The van der Waals surface area contributed by atoms with E-state index in [2.05, 4.69) is 22.1 Å². The minimum absolute atomic E-state index is 0.00907. The quantitative estimate of drug-likeness (QED) is 0.619. The molecule has 0 bridgehead atoms. The van der Waals surface area contributed by atoms with Gasteiger partial charge in [0, 0.05) is 35.3 Å². The Balaban J connectivity index is 1.53. The summed E-state index contributed by atoms with van der Waals surface area (Å²) in [7, 11) is 0. The number of hydrogen-bond acceptors (Lipinski definition) is 5. The molecule has 2 aromatic rings. The van der Waals surface area contributed by atoms with Crippen LogP contribution < -0.4 is 11.1 Å². The summed E-state index contributed by atoms with van der Waals surface area (Å²) in [6, 6.07) is 6.97. The number of carbonyl (C=O) groups excluding carboxylic acids is 2. The van der Waals surface area contributed by atoms with Crippen LogP contribution in [0.5, 0.6) is 0 Å². The molecule has 0 unspecified atom stereocenters. The standard InChI is InChI=1S/C22H26ClFN6O2/c1-26-9-14-8-13(22(32)29-10-16(24)11-29)2-7-19(14)30-12-18(20(25)31)21(28-30)27-17-5-3-15(23)4-6-17/h3-6,12-14,16,19H,1-2,7-11H2,(H2,25,31)(H,27,28)/t13-,14+,19-/m0/s1. The molecule has 1 aromatic heterocycles. The predicted octanol–water partition coefficient (Wildman–Crippen LogP) is 3.22. The van der Waals surface area contributed by atoms with Gasteiger partial charge in [0.15, 0.2) is 5.82 Å². The number of aromatic nitrogens is 2. The molecule has 3 N–H and O–H groups in total. The van der Waals surface area contributed by atoms with Gasteiger partial charge < -0.3 is 20.9 Å². The number of alkyl halides is 1. The summed E-state index contributed by atoms with van der Waals surface area (Å²) in [4.78, 5) is 30.4. The van der Waals surface area contributed by atoms with Crippen molar-refractivity contribution in [2.75, 3.05) is 25.0 Å². The maximum absolute atomic E-state index is 13.2. The van der Waals surface area contributed by atoms with Gasteiger partial charge in [0.25, 0.3) is 5.91 Å². The lowest BCUT2D eigenvalue weighted by Crippen LogP contribution is -2.54. The lowest BCUT2D eigenvalue weighted by Gasteiger charge is -2.40. The Morgan fingerprint density at radius 1 is 1.28 bits per heavy atom.